The molecule has 122 valence electrons. The topological polar surface area (TPSA) is 78.0 Å². The molecule has 7 heteroatoms. The predicted octanol–water partition coefficient (Wildman–Crippen LogP) is 3.42. The quantitative estimate of drug-likeness (QED) is 0.810. The van der Waals surface area contributed by atoms with E-state index >= 15 is 0 Å². The van der Waals surface area contributed by atoms with Crippen LogP contribution in [0.4, 0.5) is 14.5 Å². The van der Waals surface area contributed by atoms with Crippen LogP contribution >= 0.6 is 0 Å². The molecule has 0 aliphatic heterocycles. The third-order valence-electron chi connectivity index (χ3n) is 4.19. The van der Waals surface area contributed by atoms with Crippen molar-refractivity contribution < 1.29 is 18.7 Å². The Hall–Kier alpha value is -2.44. The molecule has 0 saturated carbocycles. The van der Waals surface area contributed by atoms with E-state index in [0.29, 0.717) is 12.1 Å². The lowest BCUT2D eigenvalue weighted by Gasteiger charge is -2.25. The van der Waals surface area contributed by atoms with Crippen LogP contribution in [0.1, 0.15) is 47.7 Å². The Kier molecular flexibility index (Phi) is 4.02. The summed E-state index contributed by atoms with van der Waals surface area (Å²) >= 11 is 0. The molecule has 1 aliphatic rings. The first-order valence-electron chi connectivity index (χ1n) is 7.43. The maximum atomic E-state index is 13.0. The number of halogens is 2. The van der Waals surface area contributed by atoms with E-state index in [4.69, 9.17) is 0 Å². The number of benzene rings is 1. The van der Waals surface area contributed by atoms with Crippen molar-refractivity contribution in [1.29, 1.82) is 0 Å². The van der Waals surface area contributed by atoms with E-state index in [1.54, 1.807) is 19.1 Å². The van der Waals surface area contributed by atoms with Crippen molar-refractivity contribution in [1.82, 2.24) is 10.2 Å². The van der Waals surface area contributed by atoms with Crippen LogP contribution in [0.15, 0.2) is 18.2 Å². The minimum atomic E-state index is -2.76. The summed E-state index contributed by atoms with van der Waals surface area (Å²) in [6.45, 7) is 1.58. The summed E-state index contributed by atoms with van der Waals surface area (Å²) in [5.74, 6) is -0.585. The fraction of sp³-hybridized carbons (Fsp3) is 0.375. The van der Waals surface area contributed by atoms with Gasteiger partial charge in [0.1, 0.15) is 5.75 Å². The Morgan fingerprint density at radius 3 is 3.00 bits per heavy atom. The van der Waals surface area contributed by atoms with Crippen LogP contribution in [0.25, 0.3) is 0 Å². The minimum absolute atomic E-state index is 0.0518. The molecule has 1 aromatic heterocycles. The molecule has 0 saturated heterocycles. The largest absolute Gasteiger partial charge is 0.508 e. The van der Waals surface area contributed by atoms with Gasteiger partial charge in [0, 0.05) is 0 Å². The first-order valence-corrected chi connectivity index (χ1v) is 7.43. The number of hydrogen-bond donors (Lipinski definition) is 3. The fourth-order valence-electron chi connectivity index (χ4n) is 3.05. The molecule has 1 aliphatic carbocycles. The van der Waals surface area contributed by atoms with Crippen molar-refractivity contribution in [3.05, 3.63) is 40.7 Å². The van der Waals surface area contributed by atoms with Gasteiger partial charge in [0.25, 0.3) is 6.43 Å². The molecule has 1 unspecified atom stereocenters. The van der Waals surface area contributed by atoms with Crippen LogP contribution in [0, 0.1) is 6.92 Å². The number of anilines is 1. The number of hydrogen-bond acceptors (Lipinski definition) is 3. The number of nitrogens with one attached hydrogen (secondary N) is 2. The van der Waals surface area contributed by atoms with E-state index in [0.717, 1.165) is 24.0 Å². The number of aromatic nitrogens is 2. The number of carbonyl (C=O) groups is 1. The van der Waals surface area contributed by atoms with Crippen LogP contribution in [-0.4, -0.2) is 21.2 Å². The molecule has 0 fully saturated rings. The number of nitrogens with zero attached hydrogens (tertiary/aromatic N) is 1. The lowest BCUT2D eigenvalue weighted by molar-refractivity contribution is -0.117. The average molecular weight is 321 g/mol. The monoisotopic (exact) mass is 321 g/mol. The van der Waals surface area contributed by atoms with Gasteiger partial charge in [0.15, 0.2) is 5.69 Å². The summed E-state index contributed by atoms with van der Waals surface area (Å²) in [6.07, 6.45) is -0.517. The summed E-state index contributed by atoms with van der Waals surface area (Å²) in [5, 5.41) is 18.2. The number of alkyl halides is 2. The van der Waals surface area contributed by atoms with Crippen molar-refractivity contribution in [3.8, 4) is 5.75 Å². The van der Waals surface area contributed by atoms with Gasteiger partial charge >= 0.3 is 0 Å². The highest BCUT2D eigenvalue weighted by Crippen LogP contribution is 2.35. The van der Waals surface area contributed by atoms with Crippen LogP contribution < -0.4 is 5.32 Å². The van der Waals surface area contributed by atoms with Crippen LogP contribution in [-0.2, 0) is 11.2 Å². The number of amides is 1. The number of H-pyrrole nitrogens is 1. The van der Waals surface area contributed by atoms with Crippen molar-refractivity contribution in [3.63, 3.8) is 0 Å². The van der Waals surface area contributed by atoms with Crippen LogP contribution in [0.5, 0.6) is 5.75 Å². The summed E-state index contributed by atoms with van der Waals surface area (Å²) in [7, 11) is 0. The van der Waals surface area contributed by atoms with Gasteiger partial charge in [0.2, 0.25) is 5.91 Å². The van der Waals surface area contributed by atoms with Crippen molar-refractivity contribution >= 4 is 11.6 Å². The van der Waals surface area contributed by atoms with E-state index in [9.17, 15) is 18.7 Å². The molecule has 1 heterocycles. The number of aromatic amines is 1. The first kappa shape index (κ1) is 15.5. The smallest absolute Gasteiger partial charge is 0.284 e. The third kappa shape index (κ3) is 2.91. The highest BCUT2D eigenvalue weighted by molar-refractivity contribution is 5.97. The fourth-order valence-corrected chi connectivity index (χ4v) is 3.05. The van der Waals surface area contributed by atoms with Crippen LogP contribution in [0.2, 0.25) is 0 Å². The van der Waals surface area contributed by atoms with Gasteiger partial charge in [-0.15, -0.1) is 0 Å². The normalized spacial score (nSPS) is 17.1. The van der Waals surface area contributed by atoms with Gasteiger partial charge in [-0.25, -0.2) is 8.78 Å². The number of aromatic hydroxyl groups is 1. The maximum absolute atomic E-state index is 13.0. The third-order valence-corrected chi connectivity index (χ3v) is 4.19. The number of rotatable bonds is 3. The van der Waals surface area contributed by atoms with Gasteiger partial charge in [-0.05, 0) is 49.4 Å². The Bertz CT molecular complexity index is 743. The highest BCUT2D eigenvalue weighted by Gasteiger charge is 2.29. The Labute approximate surface area is 131 Å². The molecular formula is C16H17F2N3O2. The van der Waals surface area contributed by atoms with Gasteiger partial charge in [0.05, 0.1) is 17.3 Å². The van der Waals surface area contributed by atoms with Crippen molar-refractivity contribution in [2.45, 2.75) is 38.5 Å². The zero-order valence-electron chi connectivity index (χ0n) is 12.6. The molecule has 1 aromatic carbocycles. The summed E-state index contributed by atoms with van der Waals surface area (Å²) in [4.78, 5) is 12.6. The molecule has 3 N–H and O–H groups in total. The average Bonchev–Trinajstić information content (AvgIpc) is 2.87. The molecular weight excluding hydrogens is 304 g/mol. The van der Waals surface area contributed by atoms with E-state index in [2.05, 4.69) is 15.5 Å². The zero-order valence-corrected chi connectivity index (χ0v) is 12.6. The number of phenols is 1. The van der Waals surface area contributed by atoms with Gasteiger partial charge in [-0.1, -0.05) is 6.07 Å². The van der Waals surface area contributed by atoms with Crippen molar-refractivity contribution in [2.75, 3.05) is 5.32 Å². The lowest BCUT2D eigenvalue weighted by Crippen LogP contribution is -2.25. The Balaban J connectivity index is 1.87. The number of fused-ring (bicyclic) bond motifs is 1. The number of phenolic OH excluding ortho intramolecular Hbond substituents is 1. The summed E-state index contributed by atoms with van der Waals surface area (Å²) in [5.41, 5.74) is 1.77. The summed E-state index contributed by atoms with van der Waals surface area (Å²) in [6, 6.07) is 4.92. The lowest BCUT2D eigenvalue weighted by atomic mass is 9.82. The highest BCUT2D eigenvalue weighted by atomic mass is 19.3. The van der Waals surface area contributed by atoms with Gasteiger partial charge in [-0.3, -0.25) is 9.89 Å². The standard InChI is InChI=1S/C16H17F2N3O2/c1-8-13(14(15(17)18)21-20-8)19-16(23)12-4-2-3-9-7-10(22)5-6-11(9)12/h5-7,12,15,22H,2-4H2,1H3,(H,19,23)(H,20,21). The zero-order chi connectivity index (χ0) is 16.6. The van der Waals surface area contributed by atoms with Gasteiger partial charge in [-0.2, -0.15) is 5.10 Å². The second-order valence-electron chi connectivity index (χ2n) is 5.73. The van der Waals surface area contributed by atoms with E-state index in [1.807, 2.05) is 0 Å². The Morgan fingerprint density at radius 2 is 2.26 bits per heavy atom. The second kappa shape index (κ2) is 5.98. The molecule has 0 radical (unpaired) electrons. The molecule has 1 amide bonds. The van der Waals surface area contributed by atoms with E-state index < -0.39 is 18.0 Å². The maximum Gasteiger partial charge on any atom is 0.284 e. The number of aryl methyl sites for hydroxylation is 2. The Morgan fingerprint density at radius 1 is 1.48 bits per heavy atom. The van der Waals surface area contributed by atoms with Crippen molar-refractivity contribution in [2.24, 2.45) is 0 Å². The molecule has 5 nitrogen and oxygen atoms in total. The number of carbonyl (C=O) groups excluding carboxylic acids is 1. The van der Waals surface area contributed by atoms with Crippen LogP contribution in [0.3, 0.4) is 0 Å². The molecule has 23 heavy (non-hydrogen) atoms. The SMILES string of the molecule is Cc1[nH]nc(C(F)F)c1NC(=O)C1CCCc2cc(O)ccc21. The molecule has 1 atom stereocenters. The molecule has 0 bridgehead atoms. The minimum Gasteiger partial charge on any atom is -0.508 e. The summed E-state index contributed by atoms with van der Waals surface area (Å²) < 4.78 is 25.9. The first-order chi connectivity index (χ1) is 11.0. The molecule has 3 rings (SSSR count). The second-order valence-corrected chi connectivity index (χ2v) is 5.73. The molecule has 2 aromatic rings. The predicted molar refractivity (Wildman–Crippen MR) is 80.7 cm³/mol. The van der Waals surface area contributed by atoms with E-state index in [1.165, 1.54) is 6.07 Å². The van der Waals surface area contributed by atoms with Gasteiger partial charge < -0.3 is 10.4 Å². The molecule has 0 spiro atoms. The van der Waals surface area contributed by atoms with E-state index in [-0.39, 0.29) is 17.3 Å².